The standard InChI is InChI=1S/C12H17NS/c1-4-12(3)13(5-2)10-8-6-7-9-11(10)14-12/h6-9H,4-5H2,1-3H3. The van der Waals surface area contributed by atoms with Crippen molar-refractivity contribution in [3.8, 4) is 0 Å². The first-order valence-corrected chi connectivity index (χ1v) is 6.08. The summed E-state index contributed by atoms with van der Waals surface area (Å²) in [6, 6.07) is 8.71. The van der Waals surface area contributed by atoms with Gasteiger partial charge in [0.15, 0.2) is 0 Å². The molecule has 2 rings (SSSR count). The van der Waals surface area contributed by atoms with Crippen LogP contribution in [0.25, 0.3) is 0 Å². The number of para-hydroxylation sites is 1. The van der Waals surface area contributed by atoms with Gasteiger partial charge >= 0.3 is 0 Å². The number of thioether (sulfide) groups is 1. The molecule has 1 unspecified atom stereocenters. The number of fused-ring (bicyclic) bond motifs is 1. The monoisotopic (exact) mass is 207 g/mol. The van der Waals surface area contributed by atoms with Gasteiger partial charge in [-0.3, -0.25) is 0 Å². The molecule has 2 heteroatoms. The van der Waals surface area contributed by atoms with Gasteiger partial charge in [-0.15, -0.1) is 0 Å². The molecule has 0 aliphatic carbocycles. The van der Waals surface area contributed by atoms with Gasteiger partial charge in [0, 0.05) is 11.4 Å². The van der Waals surface area contributed by atoms with E-state index >= 15 is 0 Å². The lowest BCUT2D eigenvalue weighted by Gasteiger charge is -2.34. The van der Waals surface area contributed by atoms with Crippen molar-refractivity contribution >= 4 is 17.4 Å². The van der Waals surface area contributed by atoms with E-state index in [4.69, 9.17) is 0 Å². The molecule has 1 aliphatic rings. The largest absolute Gasteiger partial charge is 0.356 e. The molecule has 1 aromatic rings. The molecule has 1 atom stereocenters. The zero-order valence-corrected chi connectivity index (χ0v) is 9.90. The number of hydrogen-bond donors (Lipinski definition) is 0. The fourth-order valence-electron chi connectivity index (χ4n) is 2.08. The van der Waals surface area contributed by atoms with Crippen molar-refractivity contribution in [1.82, 2.24) is 0 Å². The van der Waals surface area contributed by atoms with Crippen LogP contribution in [0.3, 0.4) is 0 Å². The molecule has 0 bridgehead atoms. The van der Waals surface area contributed by atoms with E-state index < -0.39 is 0 Å². The third kappa shape index (κ3) is 1.33. The molecule has 14 heavy (non-hydrogen) atoms. The predicted octanol–water partition coefficient (Wildman–Crippen LogP) is 3.74. The van der Waals surface area contributed by atoms with Crippen molar-refractivity contribution < 1.29 is 0 Å². The summed E-state index contributed by atoms with van der Waals surface area (Å²) in [5.41, 5.74) is 1.41. The van der Waals surface area contributed by atoms with Crippen LogP contribution in [-0.2, 0) is 0 Å². The first-order chi connectivity index (χ1) is 6.71. The van der Waals surface area contributed by atoms with Gasteiger partial charge in [-0.2, -0.15) is 0 Å². The van der Waals surface area contributed by atoms with Crippen LogP contribution < -0.4 is 4.90 Å². The van der Waals surface area contributed by atoms with Crippen LogP contribution in [0.5, 0.6) is 0 Å². The molecule has 1 aromatic carbocycles. The molecule has 0 spiro atoms. The van der Waals surface area contributed by atoms with Crippen LogP contribution in [-0.4, -0.2) is 11.4 Å². The summed E-state index contributed by atoms with van der Waals surface area (Å²) in [7, 11) is 0. The Kier molecular flexibility index (Phi) is 2.48. The highest BCUT2D eigenvalue weighted by Crippen LogP contribution is 2.51. The lowest BCUT2D eigenvalue weighted by atomic mass is 10.2. The van der Waals surface area contributed by atoms with E-state index in [1.165, 1.54) is 17.0 Å². The molecule has 1 nitrogen and oxygen atoms in total. The molecule has 0 aromatic heterocycles. The summed E-state index contributed by atoms with van der Waals surface area (Å²) in [5.74, 6) is 0. The number of hydrogen-bond acceptors (Lipinski definition) is 2. The summed E-state index contributed by atoms with van der Waals surface area (Å²) in [6.07, 6.45) is 1.18. The average molecular weight is 207 g/mol. The van der Waals surface area contributed by atoms with Gasteiger partial charge in [0.25, 0.3) is 0 Å². The third-order valence-corrected chi connectivity index (χ3v) is 4.54. The van der Waals surface area contributed by atoms with E-state index in [-0.39, 0.29) is 4.87 Å². The highest BCUT2D eigenvalue weighted by atomic mass is 32.2. The Morgan fingerprint density at radius 2 is 2.00 bits per heavy atom. The second-order valence-electron chi connectivity index (χ2n) is 3.84. The Bertz CT molecular complexity index is 337. The van der Waals surface area contributed by atoms with Crippen LogP contribution in [0, 0.1) is 0 Å². The fourth-order valence-corrected chi connectivity index (χ4v) is 3.47. The van der Waals surface area contributed by atoms with Crippen molar-refractivity contribution in [3.05, 3.63) is 24.3 Å². The van der Waals surface area contributed by atoms with E-state index in [2.05, 4.69) is 49.9 Å². The molecule has 0 fully saturated rings. The van der Waals surface area contributed by atoms with Crippen molar-refractivity contribution in [3.63, 3.8) is 0 Å². The normalized spacial score (nSPS) is 25.2. The highest BCUT2D eigenvalue weighted by Gasteiger charge is 2.37. The molecule has 0 N–H and O–H groups in total. The highest BCUT2D eigenvalue weighted by molar-refractivity contribution is 8.01. The Hall–Kier alpha value is -0.630. The maximum absolute atomic E-state index is 2.51. The van der Waals surface area contributed by atoms with Crippen LogP contribution in [0.2, 0.25) is 0 Å². The number of rotatable bonds is 2. The Morgan fingerprint density at radius 3 is 2.64 bits per heavy atom. The zero-order chi connectivity index (χ0) is 10.2. The molecular formula is C12H17NS. The molecular weight excluding hydrogens is 190 g/mol. The van der Waals surface area contributed by atoms with Crippen molar-refractivity contribution in [1.29, 1.82) is 0 Å². The van der Waals surface area contributed by atoms with Crippen LogP contribution in [0.1, 0.15) is 27.2 Å². The maximum atomic E-state index is 2.51. The van der Waals surface area contributed by atoms with Crippen molar-refractivity contribution in [2.45, 2.75) is 37.0 Å². The molecule has 76 valence electrons. The summed E-state index contributed by atoms with van der Waals surface area (Å²) < 4.78 is 0. The Morgan fingerprint density at radius 1 is 1.29 bits per heavy atom. The lowest BCUT2D eigenvalue weighted by Crippen LogP contribution is -2.39. The van der Waals surface area contributed by atoms with Gasteiger partial charge in [-0.05, 0) is 32.4 Å². The predicted molar refractivity (Wildman–Crippen MR) is 64.0 cm³/mol. The van der Waals surface area contributed by atoms with E-state index in [9.17, 15) is 0 Å². The van der Waals surface area contributed by atoms with E-state index in [0.29, 0.717) is 0 Å². The van der Waals surface area contributed by atoms with Gasteiger partial charge in [-0.1, -0.05) is 30.8 Å². The van der Waals surface area contributed by atoms with Crippen molar-refractivity contribution in [2.75, 3.05) is 11.4 Å². The second kappa shape index (κ2) is 3.50. The maximum Gasteiger partial charge on any atom is 0.0876 e. The summed E-state index contributed by atoms with van der Waals surface area (Å²) >= 11 is 2.00. The minimum absolute atomic E-state index is 0.262. The number of nitrogens with zero attached hydrogens (tertiary/aromatic N) is 1. The molecule has 0 saturated heterocycles. The lowest BCUT2D eigenvalue weighted by molar-refractivity contribution is 0.588. The summed E-state index contributed by atoms with van der Waals surface area (Å²) in [6.45, 7) is 7.92. The fraction of sp³-hybridized carbons (Fsp3) is 0.500. The number of anilines is 1. The molecule has 1 aliphatic heterocycles. The second-order valence-corrected chi connectivity index (χ2v) is 5.37. The first kappa shape index (κ1) is 9.91. The van der Waals surface area contributed by atoms with Gasteiger partial charge in [0.1, 0.15) is 0 Å². The quantitative estimate of drug-likeness (QED) is 0.726. The average Bonchev–Trinajstić information content (AvgIpc) is 2.50. The minimum atomic E-state index is 0.262. The van der Waals surface area contributed by atoms with Crippen molar-refractivity contribution in [2.24, 2.45) is 0 Å². The van der Waals surface area contributed by atoms with Crippen LogP contribution in [0.4, 0.5) is 5.69 Å². The smallest absolute Gasteiger partial charge is 0.0876 e. The molecule has 0 radical (unpaired) electrons. The molecule has 1 heterocycles. The summed E-state index contributed by atoms with van der Waals surface area (Å²) in [5, 5.41) is 0. The molecule has 0 amide bonds. The van der Waals surface area contributed by atoms with Gasteiger partial charge in [0.2, 0.25) is 0 Å². The van der Waals surface area contributed by atoms with E-state index in [1.54, 1.807) is 0 Å². The SMILES string of the molecule is CCN1c2ccccc2SC1(C)CC. The van der Waals surface area contributed by atoms with Crippen LogP contribution in [0.15, 0.2) is 29.2 Å². The zero-order valence-electron chi connectivity index (χ0n) is 9.08. The first-order valence-electron chi connectivity index (χ1n) is 5.27. The Labute approximate surface area is 90.5 Å². The van der Waals surface area contributed by atoms with E-state index in [0.717, 1.165) is 6.54 Å². The van der Waals surface area contributed by atoms with E-state index in [1.807, 2.05) is 11.8 Å². The topological polar surface area (TPSA) is 3.24 Å². The summed E-state index contributed by atoms with van der Waals surface area (Å²) in [4.78, 5) is 4.20. The van der Waals surface area contributed by atoms with Gasteiger partial charge < -0.3 is 4.90 Å². The third-order valence-electron chi connectivity index (χ3n) is 3.03. The minimum Gasteiger partial charge on any atom is -0.356 e. The van der Waals surface area contributed by atoms with Crippen LogP contribution >= 0.6 is 11.8 Å². The van der Waals surface area contributed by atoms with Gasteiger partial charge in [0.05, 0.1) is 10.6 Å². The molecule has 0 saturated carbocycles. The Balaban J connectivity index is 2.43. The van der Waals surface area contributed by atoms with Gasteiger partial charge in [-0.25, -0.2) is 0 Å². The number of benzene rings is 1.